The first-order valence-electron chi connectivity index (χ1n) is 6.66. The van der Waals surface area contributed by atoms with Crippen LogP contribution < -0.4 is 10.1 Å². The van der Waals surface area contributed by atoms with Crippen LogP contribution in [0, 0.1) is 0 Å². The first kappa shape index (κ1) is 16.0. The number of hydrogen-bond donors (Lipinski definition) is 1. The molecule has 1 atom stereocenters. The minimum absolute atomic E-state index is 0.0956. The molecule has 5 heteroatoms. The van der Waals surface area contributed by atoms with Crippen molar-refractivity contribution in [3.63, 3.8) is 0 Å². The zero-order valence-corrected chi connectivity index (χ0v) is 12.1. The van der Waals surface area contributed by atoms with E-state index in [0.29, 0.717) is 6.61 Å². The molecule has 20 heavy (non-hydrogen) atoms. The van der Waals surface area contributed by atoms with Gasteiger partial charge in [-0.05, 0) is 19.9 Å². The van der Waals surface area contributed by atoms with Crippen molar-refractivity contribution in [3.05, 3.63) is 29.8 Å². The first-order chi connectivity index (χ1) is 9.58. The highest BCUT2D eigenvalue weighted by Gasteiger charge is 2.14. The summed E-state index contributed by atoms with van der Waals surface area (Å²) in [7, 11) is 1.59. The predicted octanol–water partition coefficient (Wildman–Crippen LogP) is 2.22. The topological polar surface area (TPSA) is 64.6 Å². The van der Waals surface area contributed by atoms with Gasteiger partial charge in [0.2, 0.25) is 5.91 Å². The lowest BCUT2D eigenvalue weighted by Crippen LogP contribution is -2.27. The molecule has 1 unspecified atom stereocenters. The molecule has 1 rings (SSSR count). The summed E-state index contributed by atoms with van der Waals surface area (Å²) in [6, 6.07) is 7.32. The monoisotopic (exact) mass is 279 g/mol. The van der Waals surface area contributed by atoms with Crippen molar-refractivity contribution >= 4 is 11.9 Å². The Morgan fingerprint density at radius 1 is 1.25 bits per heavy atom. The number of hydrogen-bond acceptors (Lipinski definition) is 4. The van der Waals surface area contributed by atoms with Gasteiger partial charge in [-0.1, -0.05) is 18.2 Å². The molecule has 0 aliphatic carbocycles. The molecule has 0 radical (unpaired) electrons. The fraction of sp³-hybridized carbons (Fsp3) is 0.467. The van der Waals surface area contributed by atoms with E-state index < -0.39 is 0 Å². The van der Waals surface area contributed by atoms with Gasteiger partial charge in [0.15, 0.2) is 0 Å². The molecule has 0 saturated heterocycles. The number of benzene rings is 1. The number of amides is 1. The van der Waals surface area contributed by atoms with Gasteiger partial charge in [0.25, 0.3) is 0 Å². The third kappa shape index (κ3) is 4.91. The molecule has 0 saturated carbocycles. The molecule has 1 amide bonds. The maximum atomic E-state index is 11.8. The minimum atomic E-state index is -0.354. The Labute approximate surface area is 119 Å². The quantitative estimate of drug-likeness (QED) is 0.777. The summed E-state index contributed by atoms with van der Waals surface area (Å²) in [5.41, 5.74) is 0.902. The molecule has 0 fully saturated rings. The molecular formula is C15H21NO4. The summed E-state index contributed by atoms with van der Waals surface area (Å²) in [6.07, 6.45) is 0.219. The van der Waals surface area contributed by atoms with Crippen LogP contribution in [0.1, 0.15) is 38.3 Å². The first-order valence-corrected chi connectivity index (χ1v) is 6.66. The van der Waals surface area contributed by atoms with Crippen LogP contribution in [0.25, 0.3) is 0 Å². The van der Waals surface area contributed by atoms with Crippen molar-refractivity contribution in [3.8, 4) is 5.75 Å². The van der Waals surface area contributed by atoms with Crippen molar-refractivity contribution in [1.29, 1.82) is 0 Å². The highest BCUT2D eigenvalue weighted by Crippen LogP contribution is 2.24. The molecule has 0 heterocycles. The molecule has 0 aromatic heterocycles. The maximum Gasteiger partial charge on any atom is 0.306 e. The maximum absolute atomic E-state index is 11.8. The number of carbonyl (C=O) groups excluding carboxylic acids is 2. The lowest BCUT2D eigenvalue weighted by molar-refractivity contribution is -0.144. The Kier molecular flexibility index (Phi) is 6.56. The summed E-state index contributed by atoms with van der Waals surface area (Å²) < 4.78 is 10.0. The summed E-state index contributed by atoms with van der Waals surface area (Å²) in [4.78, 5) is 23.0. The molecule has 5 nitrogen and oxygen atoms in total. The molecule has 0 spiro atoms. The van der Waals surface area contributed by atoms with Gasteiger partial charge < -0.3 is 14.8 Å². The second kappa shape index (κ2) is 8.19. The molecule has 1 aromatic rings. The zero-order valence-electron chi connectivity index (χ0n) is 12.1. The van der Waals surface area contributed by atoms with E-state index in [-0.39, 0.29) is 30.8 Å². The number of para-hydroxylation sites is 1. The molecular weight excluding hydrogens is 258 g/mol. The highest BCUT2D eigenvalue weighted by atomic mass is 16.5. The van der Waals surface area contributed by atoms with Gasteiger partial charge in [0.05, 0.1) is 26.2 Å². The number of rotatable bonds is 7. The van der Waals surface area contributed by atoms with Crippen LogP contribution in [-0.4, -0.2) is 25.6 Å². The van der Waals surface area contributed by atoms with E-state index in [9.17, 15) is 9.59 Å². The molecule has 110 valence electrons. The van der Waals surface area contributed by atoms with Crippen LogP contribution in [0.2, 0.25) is 0 Å². The highest BCUT2D eigenvalue weighted by molar-refractivity contribution is 5.81. The lowest BCUT2D eigenvalue weighted by Gasteiger charge is -2.17. The Hall–Kier alpha value is -2.04. The lowest BCUT2D eigenvalue weighted by atomic mass is 10.1. The van der Waals surface area contributed by atoms with E-state index in [2.05, 4.69) is 5.32 Å². The van der Waals surface area contributed by atoms with Crippen molar-refractivity contribution < 1.29 is 19.1 Å². The SMILES string of the molecule is CCOC(=O)CCC(=O)NC(C)c1ccccc1OC. The Morgan fingerprint density at radius 2 is 1.95 bits per heavy atom. The largest absolute Gasteiger partial charge is 0.496 e. The van der Waals surface area contributed by atoms with Crippen LogP contribution >= 0.6 is 0 Å². The number of carbonyl (C=O) groups is 2. The van der Waals surface area contributed by atoms with E-state index in [4.69, 9.17) is 9.47 Å². The molecule has 1 N–H and O–H groups in total. The number of esters is 1. The van der Waals surface area contributed by atoms with Gasteiger partial charge in [0.1, 0.15) is 5.75 Å². The number of ether oxygens (including phenoxy) is 2. The fourth-order valence-electron chi connectivity index (χ4n) is 1.86. The Morgan fingerprint density at radius 3 is 2.60 bits per heavy atom. The molecule has 0 bridgehead atoms. The Bertz CT molecular complexity index is 459. The average molecular weight is 279 g/mol. The third-order valence-corrected chi connectivity index (χ3v) is 2.84. The average Bonchev–Trinajstić information content (AvgIpc) is 2.45. The molecule has 0 aliphatic rings. The Balaban J connectivity index is 2.51. The van der Waals surface area contributed by atoms with Crippen LogP contribution in [0.15, 0.2) is 24.3 Å². The molecule has 0 aliphatic heterocycles. The van der Waals surface area contributed by atoms with Gasteiger partial charge in [-0.25, -0.2) is 0 Å². The minimum Gasteiger partial charge on any atom is -0.496 e. The van der Waals surface area contributed by atoms with Crippen LogP contribution in [0.5, 0.6) is 5.75 Å². The van der Waals surface area contributed by atoms with Crippen molar-refractivity contribution in [2.75, 3.05) is 13.7 Å². The molecule has 1 aromatic carbocycles. The van der Waals surface area contributed by atoms with Crippen molar-refractivity contribution in [2.24, 2.45) is 0 Å². The van der Waals surface area contributed by atoms with E-state index in [0.717, 1.165) is 11.3 Å². The smallest absolute Gasteiger partial charge is 0.306 e. The summed E-state index contributed by atoms with van der Waals surface area (Å²) in [6.45, 7) is 3.94. The predicted molar refractivity (Wildman–Crippen MR) is 75.4 cm³/mol. The van der Waals surface area contributed by atoms with E-state index in [1.165, 1.54) is 0 Å². The second-order valence-electron chi connectivity index (χ2n) is 4.34. The van der Waals surface area contributed by atoms with Gasteiger partial charge >= 0.3 is 5.97 Å². The van der Waals surface area contributed by atoms with E-state index in [1.807, 2.05) is 31.2 Å². The number of methoxy groups -OCH3 is 1. The normalized spacial score (nSPS) is 11.6. The van der Waals surface area contributed by atoms with Gasteiger partial charge in [-0.3, -0.25) is 9.59 Å². The van der Waals surface area contributed by atoms with Crippen molar-refractivity contribution in [1.82, 2.24) is 5.32 Å². The van der Waals surface area contributed by atoms with Crippen molar-refractivity contribution in [2.45, 2.75) is 32.7 Å². The van der Waals surface area contributed by atoms with Crippen LogP contribution in [0.4, 0.5) is 0 Å². The van der Waals surface area contributed by atoms with Crippen LogP contribution in [-0.2, 0) is 14.3 Å². The fourth-order valence-corrected chi connectivity index (χ4v) is 1.86. The zero-order chi connectivity index (χ0) is 15.0. The van der Waals surface area contributed by atoms with E-state index >= 15 is 0 Å². The van der Waals surface area contributed by atoms with Crippen LogP contribution in [0.3, 0.4) is 0 Å². The summed E-state index contributed by atoms with van der Waals surface area (Å²) in [5.74, 6) is 0.190. The number of nitrogens with one attached hydrogen (secondary N) is 1. The van der Waals surface area contributed by atoms with Gasteiger partial charge in [-0.15, -0.1) is 0 Å². The third-order valence-electron chi connectivity index (χ3n) is 2.84. The summed E-state index contributed by atoms with van der Waals surface area (Å²) in [5, 5.41) is 2.84. The van der Waals surface area contributed by atoms with Gasteiger partial charge in [0, 0.05) is 12.0 Å². The second-order valence-corrected chi connectivity index (χ2v) is 4.34. The van der Waals surface area contributed by atoms with E-state index in [1.54, 1.807) is 14.0 Å². The standard InChI is InChI=1S/C15H21NO4/c1-4-20-15(18)10-9-14(17)16-11(2)12-7-5-6-8-13(12)19-3/h5-8,11H,4,9-10H2,1-3H3,(H,16,17). The van der Waals surface area contributed by atoms with Gasteiger partial charge in [-0.2, -0.15) is 0 Å². The summed E-state index contributed by atoms with van der Waals surface area (Å²) >= 11 is 0.